The summed E-state index contributed by atoms with van der Waals surface area (Å²) in [6.07, 6.45) is 0.708. The summed E-state index contributed by atoms with van der Waals surface area (Å²) in [4.78, 5) is 0. The quantitative estimate of drug-likeness (QED) is 0.807. The first-order chi connectivity index (χ1) is 6.72. The van der Waals surface area contributed by atoms with Crippen molar-refractivity contribution in [3.8, 4) is 11.5 Å². The highest BCUT2D eigenvalue weighted by Gasteiger charge is 2.22. The molecule has 2 N–H and O–H groups in total. The topological polar surface area (TPSA) is 44.5 Å². The molecule has 0 saturated heterocycles. The van der Waals surface area contributed by atoms with Crippen LogP contribution in [0.3, 0.4) is 0 Å². The number of ether oxygens (including phenoxy) is 2. The molecule has 0 unspecified atom stereocenters. The zero-order valence-electron chi connectivity index (χ0n) is 8.33. The molecule has 15 heavy (non-hydrogen) atoms. The van der Waals surface area contributed by atoms with E-state index in [1.54, 1.807) is 0 Å². The minimum Gasteiger partial charge on any atom is -0.493 e. The molecule has 0 radical (unpaired) electrons. The molecule has 0 bridgehead atoms. The van der Waals surface area contributed by atoms with E-state index in [1.807, 2.05) is 0 Å². The molecule has 1 aromatic carbocycles. The van der Waals surface area contributed by atoms with E-state index in [2.05, 4.69) is 0 Å². The Morgan fingerprint density at radius 1 is 1.53 bits per heavy atom. The second kappa shape index (κ2) is 4.68. The average Bonchev–Trinajstić information content (AvgIpc) is 2.18. The Hall–Kier alpha value is -1.00. The lowest BCUT2D eigenvalue weighted by Gasteiger charge is -2.24. The van der Waals surface area contributed by atoms with Gasteiger partial charge in [0.1, 0.15) is 5.82 Å². The molecular weight excluding hydrogens is 221 g/mol. The zero-order valence-corrected chi connectivity index (χ0v) is 9.14. The Bertz CT molecular complexity index is 360. The van der Waals surface area contributed by atoms with Crippen LogP contribution in [0, 0.1) is 5.82 Å². The molecule has 0 saturated carbocycles. The molecule has 1 atom stereocenters. The Labute approximate surface area is 93.8 Å². The molecule has 0 fully saturated rings. The van der Waals surface area contributed by atoms with Crippen LogP contribution in [0.25, 0.3) is 0 Å². The molecule has 1 aliphatic heterocycles. The first-order valence-electron chi connectivity index (χ1n) is 4.48. The van der Waals surface area contributed by atoms with Crippen molar-refractivity contribution in [2.45, 2.75) is 12.5 Å². The second-order valence-electron chi connectivity index (χ2n) is 3.27. The van der Waals surface area contributed by atoms with Crippen LogP contribution in [-0.4, -0.2) is 13.7 Å². The molecule has 5 heteroatoms. The van der Waals surface area contributed by atoms with E-state index in [0.717, 1.165) is 0 Å². The molecular formula is C10H13ClFNO2. The summed E-state index contributed by atoms with van der Waals surface area (Å²) < 4.78 is 23.5. The maximum absolute atomic E-state index is 13.1. The summed E-state index contributed by atoms with van der Waals surface area (Å²) in [5, 5.41) is 0. The molecule has 0 amide bonds. The maximum Gasteiger partial charge on any atom is 0.166 e. The Morgan fingerprint density at radius 2 is 2.27 bits per heavy atom. The van der Waals surface area contributed by atoms with Gasteiger partial charge in [-0.25, -0.2) is 4.39 Å². The lowest BCUT2D eigenvalue weighted by atomic mass is 10.0. The third-order valence-electron chi connectivity index (χ3n) is 2.34. The molecule has 3 nitrogen and oxygen atoms in total. The lowest BCUT2D eigenvalue weighted by Crippen LogP contribution is -2.21. The van der Waals surface area contributed by atoms with Crippen LogP contribution in [0.4, 0.5) is 4.39 Å². The van der Waals surface area contributed by atoms with E-state index in [1.165, 1.54) is 19.2 Å². The first kappa shape index (κ1) is 12.1. The summed E-state index contributed by atoms with van der Waals surface area (Å²) in [5.41, 5.74) is 6.52. The molecule has 0 spiro atoms. The van der Waals surface area contributed by atoms with E-state index < -0.39 is 0 Å². The fourth-order valence-corrected chi connectivity index (χ4v) is 1.61. The van der Waals surface area contributed by atoms with Gasteiger partial charge in [-0.15, -0.1) is 12.4 Å². The number of fused-ring (bicyclic) bond motifs is 1. The number of methoxy groups -OCH3 is 1. The normalized spacial score (nSPS) is 18.5. The van der Waals surface area contributed by atoms with Gasteiger partial charge in [-0.3, -0.25) is 0 Å². The highest BCUT2D eigenvalue weighted by Crippen LogP contribution is 2.38. The van der Waals surface area contributed by atoms with Crippen molar-refractivity contribution in [1.82, 2.24) is 0 Å². The van der Waals surface area contributed by atoms with E-state index in [-0.39, 0.29) is 24.3 Å². The standard InChI is InChI=1S/C10H12FNO2.ClH/c1-13-9-5-6(11)4-7-8(12)2-3-14-10(7)9;/h4-5,8H,2-3,12H2,1H3;1H/t8-;/m0./s1. The van der Waals surface area contributed by atoms with Crippen LogP contribution >= 0.6 is 12.4 Å². The Kier molecular flexibility index (Phi) is 3.77. The second-order valence-corrected chi connectivity index (χ2v) is 3.27. The van der Waals surface area contributed by atoms with E-state index in [9.17, 15) is 4.39 Å². The SMILES string of the molecule is COc1cc(F)cc2c1OCC[C@@H]2N.Cl. The Morgan fingerprint density at radius 3 is 2.93 bits per heavy atom. The number of hydrogen-bond donors (Lipinski definition) is 1. The predicted octanol–water partition coefficient (Wildman–Crippen LogP) is 2.04. The smallest absolute Gasteiger partial charge is 0.166 e. The first-order valence-corrected chi connectivity index (χ1v) is 4.48. The maximum atomic E-state index is 13.1. The molecule has 1 aliphatic rings. The predicted molar refractivity (Wildman–Crippen MR) is 57.2 cm³/mol. The highest BCUT2D eigenvalue weighted by molar-refractivity contribution is 5.85. The molecule has 0 aliphatic carbocycles. The molecule has 0 aromatic heterocycles. The number of benzene rings is 1. The fraction of sp³-hybridized carbons (Fsp3) is 0.400. The van der Waals surface area contributed by atoms with Gasteiger partial charge in [0, 0.05) is 24.1 Å². The summed E-state index contributed by atoms with van der Waals surface area (Å²) in [6, 6.07) is 2.54. The summed E-state index contributed by atoms with van der Waals surface area (Å²) in [5.74, 6) is 0.643. The monoisotopic (exact) mass is 233 g/mol. The van der Waals surface area contributed by atoms with Crippen LogP contribution in [0.1, 0.15) is 18.0 Å². The van der Waals surface area contributed by atoms with Crippen molar-refractivity contribution < 1.29 is 13.9 Å². The van der Waals surface area contributed by atoms with Crippen molar-refractivity contribution in [3.05, 3.63) is 23.5 Å². The number of nitrogens with two attached hydrogens (primary N) is 1. The summed E-state index contributed by atoms with van der Waals surface area (Å²) in [6.45, 7) is 0.552. The van der Waals surface area contributed by atoms with Crippen LogP contribution in [0.5, 0.6) is 11.5 Å². The third kappa shape index (κ3) is 2.16. The molecule has 1 aromatic rings. The van der Waals surface area contributed by atoms with Crippen molar-refractivity contribution >= 4 is 12.4 Å². The molecule has 84 valence electrons. The van der Waals surface area contributed by atoms with Gasteiger partial charge in [-0.1, -0.05) is 0 Å². The zero-order chi connectivity index (χ0) is 10.1. The van der Waals surface area contributed by atoms with Gasteiger partial charge in [-0.05, 0) is 6.07 Å². The van der Waals surface area contributed by atoms with Gasteiger partial charge in [0.25, 0.3) is 0 Å². The van der Waals surface area contributed by atoms with E-state index in [4.69, 9.17) is 15.2 Å². The lowest BCUT2D eigenvalue weighted by molar-refractivity contribution is 0.251. The third-order valence-corrected chi connectivity index (χ3v) is 2.34. The van der Waals surface area contributed by atoms with E-state index in [0.29, 0.717) is 30.1 Å². The molecule has 2 rings (SSSR count). The highest BCUT2D eigenvalue weighted by atomic mass is 35.5. The minimum atomic E-state index is -0.346. The van der Waals surface area contributed by atoms with Gasteiger partial charge in [0.2, 0.25) is 0 Å². The summed E-state index contributed by atoms with van der Waals surface area (Å²) >= 11 is 0. The Balaban J connectivity index is 0.00000112. The van der Waals surface area contributed by atoms with Gasteiger partial charge >= 0.3 is 0 Å². The van der Waals surface area contributed by atoms with E-state index >= 15 is 0 Å². The van der Waals surface area contributed by atoms with Crippen molar-refractivity contribution in [3.63, 3.8) is 0 Å². The summed E-state index contributed by atoms with van der Waals surface area (Å²) in [7, 11) is 1.48. The number of rotatable bonds is 1. The van der Waals surface area contributed by atoms with Crippen LogP contribution in [0.15, 0.2) is 12.1 Å². The van der Waals surface area contributed by atoms with Crippen LogP contribution in [0.2, 0.25) is 0 Å². The average molecular weight is 234 g/mol. The van der Waals surface area contributed by atoms with Crippen LogP contribution < -0.4 is 15.2 Å². The van der Waals surface area contributed by atoms with Crippen molar-refractivity contribution in [2.24, 2.45) is 5.73 Å². The van der Waals surface area contributed by atoms with Crippen molar-refractivity contribution in [1.29, 1.82) is 0 Å². The minimum absolute atomic E-state index is 0. The molecule has 1 heterocycles. The number of halogens is 2. The van der Waals surface area contributed by atoms with Gasteiger partial charge < -0.3 is 15.2 Å². The van der Waals surface area contributed by atoms with Gasteiger partial charge in [0.05, 0.1) is 13.7 Å². The van der Waals surface area contributed by atoms with Gasteiger partial charge in [0.15, 0.2) is 11.5 Å². The van der Waals surface area contributed by atoms with Crippen molar-refractivity contribution in [2.75, 3.05) is 13.7 Å². The largest absolute Gasteiger partial charge is 0.493 e. The number of hydrogen-bond acceptors (Lipinski definition) is 3. The van der Waals surface area contributed by atoms with Crippen LogP contribution in [-0.2, 0) is 0 Å². The van der Waals surface area contributed by atoms with Gasteiger partial charge in [-0.2, -0.15) is 0 Å². The fourth-order valence-electron chi connectivity index (χ4n) is 1.61.